The Morgan fingerprint density at radius 3 is 2.68 bits per heavy atom. The van der Waals surface area contributed by atoms with Gasteiger partial charge in [0, 0.05) is 6.20 Å². The lowest BCUT2D eigenvalue weighted by molar-refractivity contribution is -0.119. The van der Waals surface area contributed by atoms with Crippen LogP contribution >= 0.6 is 0 Å². The number of nitrogens with one attached hydrogen (secondary N) is 2. The SMILES string of the molecule is CC(C)Oc1ccccc1NCC(=O)NCc1ccccn1. The minimum Gasteiger partial charge on any atom is -0.489 e. The molecule has 2 N–H and O–H groups in total. The quantitative estimate of drug-likeness (QED) is 0.825. The summed E-state index contributed by atoms with van der Waals surface area (Å²) >= 11 is 0. The average Bonchev–Trinajstić information content (AvgIpc) is 2.52. The Hall–Kier alpha value is -2.56. The van der Waals surface area contributed by atoms with Crippen LogP contribution in [-0.4, -0.2) is 23.5 Å². The number of nitrogens with zero attached hydrogens (tertiary/aromatic N) is 1. The second-order valence-corrected chi connectivity index (χ2v) is 5.11. The van der Waals surface area contributed by atoms with Gasteiger partial charge in [-0.05, 0) is 38.1 Å². The Labute approximate surface area is 130 Å². The molecule has 22 heavy (non-hydrogen) atoms. The molecular formula is C17H21N3O2. The summed E-state index contributed by atoms with van der Waals surface area (Å²) in [4.78, 5) is 16.0. The zero-order chi connectivity index (χ0) is 15.8. The van der Waals surface area contributed by atoms with E-state index in [1.54, 1.807) is 6.20 Å². The van der Waals surface area contributed by atoms with Gasteiger partial charge in [0.15, 0.2) is 0 Å². The first-order valence-electron chi connectivity index (χ1n) is 7.31. The molecular weight excluding hydrogens is 278 g/mol. The molecule has 0 bridgehead atoms. The van der Waals surface area contributed by atoms with Crippen LogP contribution in [0.4, 0.5) is 5.69 Å². The van der Waals surface area contributed by atoms with Gasteiger partial charge in [-0.3, -0.25) is 9.78 Å². The number of hydrogen-bond donors (Lipinski definition) is 2. The zero-order valence-corrected chi connectivity index (χ0v) is 12.9. The lowest BCUT2D eigenvalue weighted by Crippen LogP contribution is -2.29. The van der Waals surface area contributed by atoms with Crippen LogP contribution in [0.5, 0.6) is 5.75 Å². The molecule has 2 aromatic rings. The normalized spacial score (nSPS) is 10.3. The van der Waals surface area contributed by atoms with Crippen molar-refractivity contribution in [2.45, 2.75) is 26.5 Å². The van der Waals surface area contributed by atoms with Crippen LogP contribution in [-0.2, 0) is 11.3 Å². The number of pyridine rings is 1. The molecule has 0 spiro atoms. The Morgan fingerprint density at radius 2 is 1.95 bits per heavy atom. The lowest BCUT2D eigenvalue weighted by Gasteiger charge is -2.15. The number of aromatic nitrogens is 1. The molecule has 0 fully saturated rings. The smallest absolute Gasteiger partial charge is 0.239 e. The molecule has 1 aromatic heterocycles. The van der Waals surface area contributed by atoms with Crippen LogP contribution in [0.3, 0.4) is 0 Å². The maximum absolute atomic E-state index is 11.9. The second kappa shape index (κ2) is 8.02. The lowest BCUT2D eigenvalue weighted by atomic mass is 10.3. The third kappa shape index (κ3) is 5.09. The molecule has 0 saturated carbocycles. The topological polar surface area (TPSA) is 63.2 Å². The summed E-state index contributed by atoms with van der Waals surface area (Å²) in [5.41, 5.74) is 1.64. The van der Waals surface area contributed by atoms with Gasteiger partial charge in [0.1, 0.15) is 5.75 Å². The van der Waals surface area contributed by atoms with E-state index in [1.807, 2.05) is 56.3 Å². The van der Waals surface area contributed by atoms with Crippen LogP contribution < -0.4 is 15.4 Å². The summed E-state index contributed by atoms with van der Waals surface area (Å²) < 4.78 is 5.70. The Morgan fingerprint density at radius 1 is 1.18 bits per heavy atom. The molecule has 1 aromatic carbocycles. The summed E-state index contributed by atoms with van der Waals surface area (Å²) in [7, 11) is 0. The minimum absolute atomic E-state index is 0.0842. The van der Waals surface area contributed by atoms with Crippen molar-refractivity contribution >= 4 is 11.6 Å². The molecule has 0 atom stereocenters. The van der Waals surface area contributed by atoms with E-state index in [1.165, 1.54) is 0 Å². The van der Waals surface area contributed by atoms with Crippen molar-refractivity contribution in [1.82, 2.24) is 10.3 Å². The number of hydrogen-bond acceptors (Lipinski definition) is 4. The molecule has 0 aliphatic carbocycles. The van der Waals surface area contributed by atoms with Gasteiger partial charge in [0.2, 0.25) is 5.91 Å². The molecule has 5 nitrogen and oxygen atoms in total. The molecule has 1 heterocycles. The van der Waals surface area contributed by atoms with Gasteiger partial charge in [-0.15, -0.1) is 0 Å². The van der Waals surface area contributed by atoms with Crippen LogP contribution in [0.15, 0.2) is 48.7 Å². The maximum Gasteiger partial charge on any atom is 0.239 e. The summed E-state index contributed by atoms with van der Waals surface area (Å²) in [6, 6.07) is 13.2. The highest BCUT2D eigenvalue weighted by molar-refractivity contribution is 5.81. The van der Waals surface area contributed by atoms with E-state index in [4.69, 9.17) is 4.74 Å². The van der Waals surface area contributed by atoms with Crippen LogP contribution in [0.2, 0.25) is 0 Å². The molecule has 0 radical (unpaired) electrons. The fourth-order valence-corrected chi connectivity index (χ4v) is 1.90. The second-order valence-electron chi connectivity index (χ2n) is 5.11. The van der Waals surface area contributed by atoms with Crippen LogP contribution in [0, 0.1) is 0 Å². The van der Waals surface area contributed by atoms with Gasteiger partial charge >= 0.3 is 0 Å². The number of para-hydroxylation sites is 2. The predicted molar refractivity (Wildman–Crippen MR) is 86.8 cm³/mol. The highest BCUT2D eigenvalue weighted by Gasteiger charge is 2.07. The Bertz CT molecular complexity index is 600. The third-order valence-electron chi connectivity index (χ3n) is 2.88. The van der Waals surface area contributed by atoms with E-state index in [0.29, 0.717) is 6.54 Å². The minimum atomic E-state index is -0.0926. The standard InChI is InChI=1S/C17H21N3O2/c1-13(2)22-16-9-4-3-8-15(16)19-12-17(21)20-11-14-7-5-6-10-18-14/h3-10,13,19H,11-12H2,1-2H3,(H,20,21). The number of rotatable bonds is 7. The van der Waals surface area contributed by atoms with Crippen molar-refractivity contribution in [1.29, 1.82) is 0 Å². The first-order chi connectivity index (χ1) is 10.6. The monoisotopic (exact) mass is 299 g/mol. The van der Waals surface area contributed by atoms with Gasteiger partial charge in [-0.2, -0.15) is 0 Å². The van der Waals surface area contributed by atoms with Crippen molar-refractivity contribution in [3.63, 3.8) is 0 Å². The van der Waals surface area contributed by atoms with Crippen molar-refractivity contribution in [3.05, 3.63) is 54.4 Å². The molecule has 5 heteroatoms. The molecule has 0 saturated heterocycles. The summed E-state index contributed by atoms with van der Waals surface area (Å²) in [6.07, 6.45) is 1.79. The van der Waals surface area contributed by atoms with E-state index >= 15 is 0 Å². The fraction of sp³-hybridized carbons (Fsp3) is 0.294. The van der Waals surface area contributed by atoms with Gasteiger partial charge < -0.3 is 15.4 Å². The van der Waals surface area contributed by atoms with Crippen LogP contribution in [0.25, 0.3) is 0 Å². The number of anilines is 1. The maximum atomic E-state index is 11.9. The number of amides is 1. The number of carbonyl (C=O) groups is 1. The zero-order valence-electron chi connectivity index (χ0n) is 12.9. The molecule has 0 aliphatic heterocycles. The molecule has 2 rings (SSSR count). The summed E-state index contributed by atoms with van der Waals surface area (Å²) in [5.74, 6) is 0.653. The van der Waals surface area contributed by atoms with Crippen molar-refractivity contribution in [2.24, 2.45) is 0 Å². The number of benzene rings is 1. The van der Waals surface area contributed by atoms with Gasteiger partial charge in [-0.1, -0.05) is 18.2 Å². The molecule has 1 amide bonds. The van der Waals surface area contributed by atoms with Gasteiger partial charge in [0.05, 0.1) is 30.6 Å². The Kier molecular flexibility index (Phi) is 5.77. The van der Waals surface area contributed by atoms with Crippen molar-refractivity contribution in [2.75, 3.05) is 11.9 Å². The predicted octanol–water partition coefficient (Wildman–Crippen LogP) is 2.60. The fourth-order valence-electron chi connectivity index (χ4n) is 1.90. The van der Waals surface area contributed by atoms with Gasteiger partial charge in [-0.25, -0.2) is 0 Å². The Balaban J connectivity index is 1.83. The first-order valence-corrected chi connectivity index (χ1v) is 7.31. The molecule has 0 aliphatic rings. The third-order valence-corrected chi connectivity index (χ3v) is 2.88. The number of ether oxygens (including phenoxy) is 1. The van der Waals surface area contributed by atoms with E-state index in [0.717, 1.165) is 17.1 Å². The largest absolute Gasteiger partial charge is 0.489 e. The molecule has 116 valence electrons. The van der Waals surface area contributed by atoms with E-state index in [-0.39, 0.29) is 18.6 Å². The first kappa shape index (κ1) is 15.8. The van der Waals surface area contributed by atoms with Crippen molar-refractivity contribution < 1.29 is 9.53 Å². The van der Waals surface area contributed by atoms with E-state index in [2.05, 4.69) is 15.6 Å². The summed E-state index contributed by atoms with van der Waals surface area (Å²) in [5, 5.41) is 5.92. The summed E-state index contributed by atoms with van der Waals surface area (Å²) in [6.45, 7) is 4.55. The van der Waals surface area contributed by atoms with Crippen molar-refractivity contribution in [3.8, 4) is 5.75 Å². The molecule has 0 unspecified atom stereocenters. The van der Waals surface area contributed by atoms with E-state index in [9.17, 15) is 4.79 Å². The highest BCUT2D eigenvalue weighted by Crippen LogP contribution is 2.24. The van der Waals surface area contributed by atoms with Gasteiger partial charge in [0.25, 0.3) is 0 Å². The number of carbonyl (C=O) groups excluding carboxylic acids is 1. The van der Waals surface area contributed by atoms with Crippen LogP contribution in [0.1, 0.15) is 19.5 Å². The highest BCUT2D eigenvalue weighted by atomic mass is 16.5. The average molecular weight is 299 g/mol. The van der Waals surface area contributed by atoms with E-state index < -0.39 is 0 Å².